The summed E-state index contributed by atoms with van der Waals surface area (Å²) in [5.74, 6) is -1.61. The quantitative estimate of drug-likeness (QED) is 0.0617. The van der Waals surface area contributed by atoms with E-state index in [1.54, 1.807) is 42.1 Å². The van der Waals surface area contributed by atoms with E-state index in [2.05, 4.69) is 45.4 Å². The molecule has 0 aliphatic carbocycles. The zero-order valence-corrected chi connectivity index (χ0v) is 43.4. The number of hydrogen-bond donors (Lipinski definition) is 5. The van der Waals surface area contributed by atoms with Crippen LogP contribution in [0.15, 0.2) is 83.3 Å². The Morgan fingerprint density at radius 1 is 0.986 bits per heavy atom. The number of ether oxygens (including phenoxy) is 4. The number of likely N-dealkylation sites (tertiary alicyclic amines) is 1. The highest BCUT2D eigenvalue weighted by Crippen LogP contribution is 2.30. The number of anilines is 1. The summed E-state index contributed by atoms with van der Waals surface area (Å²) in [7, 11) is -4.18. The summed E-state index contributed by atoms with van der Waals surface area (Å²) in [5, 5.41) is 23.8. The average Bonchev–Trinajstić information content (AvgIpc) is 4.14. The Hall–Kier alpha value is -6.47. The predicted molar refractivity (Wildman–Crippen MR) is 274 cm³/mol. The molecule has 6 aromatic rings. The second kappa shape index (κ2) is 23.8. The van der Waals surface area contributed by atoms with Gasteiger partial charge in [-0.3, -0.25) is 29.1 Å². The van der Waals surface area contributed by atoms with E-state index in [1.165, 1.54) is 29.2 Å². The van der Waals surface area contributed by atoms with Gasteiger partial charge in [0.15, 0.2) is 11.5 Å². The molecule has 3 aromatic heterocycles. The Labute approximate surface area is 432 Å². The van der Waals surface area contributed by atoms with E-state index in [0.717, 1.165) is 27.8 Å². The van der Waals surface area contributed by atoms with Crippen molar-refractivity contribution < 1.29 is 51.2 Å². The monoisotopic (exact) mass is 1060 g/mol. The van der Waals surface area contributed by atoms with E-state index in [-0.39, 0.29) is 69.5 Å². The molecule has 0 radical (unpaired) electrons. The fourth-order valence-corrected chi connectivity index (χ4v) is 10.6. The maximum atomic E-state index is 14.4. The van der Waals surface area contributed by atoms with Gasteiger partial charge in [0, 0.05) is 50.4 Å². The molecule has 5 heterocycles. The number of carbonyl (C=O) groups excluding carboxylic acids is 3. The summed E-state index contributed by atoms with van der Waals surface area (Å²) in [5.41, 5.74) is 5.79. The van der Waals surface area contributed by atoms with Crippen LogP contribution in [0.25, 0.3) is 32.9 Å². The summed E-state index contributed by atoms with van der Waals surface area (Å²) >= 11 is 1.56. The van der Waals surface area contributed by atoms with E-state index in [9.17, 15) is 32.3 Å². The largest absolute Gasteiger partial charge is 0.474 e. The van der Waals surface area contributed by atoms with E-state index in [4.69, 9.17) is 18.9 Å². The Bertz CT molecular complexity index is 3020. The third-order valence-electron chi connectivity index (χ3n) is 12.5. The number of morpholine rings is 1. The number of β-amino-alcohol motifs (C(OH)–C–C–N with tert-alkyl or cyclic N) is 1. The first-order chi connectivity index (χ1) is 35.4. The first-order valence-electron chi connectivity index (χ1n) is 24.2. The van der Waals surface area contributed by atoms with Crippen LogP contribution in [0.2, 0.25) is 0 Å². The van der Waals surface area contributed by atoms with Crippen molar-refractivity contribution in [1.29, 1.82) is 0 Å². The first-order valence-corrected chi connectivity index (χ1v) is 26.6. The van der Waals surface area contributed by atoms with E-state index < -0.39 is 56.2 Å². The maximum Gasteiger partial charge on any atom is 0.264 e. The van der Waals surface area contributed by atoms with Crippen LogP contribution in [0.4, 0.5) is 10.1 Å². The molecule has 2 aliphatic rings. The topological polar surface area (TPSA) is 252 Å². The second-order valence-electron chi connectivity index (χ2n) is 19.3. The van der Waals surface area contributed by atoms with Gasteiger partial charge in [-0.05, 0) is 72.4 Å². The number of benzene rings is 3. The number of aromatic nitrogens is 5. The molecule has 394 valence electrons. The molecule has 0 unspecified atom stereocenters. The fraction of sp³-hybridized carbons (Fsp3) is 0.431. The SMILES string of the molecule is Cc1ccc(F)c(S(=O)(=O)Nc2ccc(-c3nc(OC[C@H]4CN(CCOCCOCC(=O)N[C@H](C(=O)N5C[C@H](O)C[C@H]5C(=O)NCc5ccc(-c6scnc6C)cc5)C(C)(C)C)CCO4)c4cn[nH]c4n3)cc2)c1. The van der Waals surface area contributed by atoms with Crippen LogP contribution in [0.3, 0.4) is 0 Å². The van der Waals surface area contributed by atoms with Crippen molar-refractivity contribution in [2.75, 3.05) is 70.5 Å². The normalized spacial score (nSPS) is 17.8. The third kappa shape index (κ3) is 13.6. The molecular weight excluding hydrogens is 996 g/mol. The van der Waals surface area contributed by atoms with Crippen LogP contribution in [0.5, 0.6) is 5.88 Å². The number of H-pyrrole nitrogens is 1. The molecule has 0 bridgehead atoms. The van der Waals surface area contributed by atoms with Gasteiger partial charge in [0.2, 0.25) is 23.6 Å². The molecule has 23 heteroatoms. The van der Waals surface area contributed by atoms with Gasteiger partial charge < -0.3 is 39.6 Å². The summed E-state index contributed by atoms with van der Waals surface area (Å²) in [4.78, 5) is 58.3. The molecule has 0 spiro atoms. The van der Waals surface area contributed by atoms with E-state index in [1.807, 2.05) is 52.0 Å². The number of thiazole rings is 1. The molecule has 0 saturated carbocycles. The number of aromatic amines is 1. The van der Waals surface area contributed by atoms with Crippen molar-refractivity contribution in [3.8, 4) is 27.7 Å². The third-order valence-corrected chi connectivity index (χ3v) is 14.9. The molecule has 2 aliphatic heterocycles. The van der Waals surface area contributed by atoms with Crippen molar-refractivity contribution in [2.24, 2.45) is 5.41 Å². The highest BCUT2D eigenvalue weighted by Gasteiger charge is 2.44. The highest BCUT2D eigenvalue weighted by atomic mass is 32.2. The van der Waals surface area contributed by atoms with Crippen LogP contribution in [0, 0.1) is 25.1 Å². The second-order valence-corrected chi connectivity index (χ2v) is 21.8. The number of hydrogen-bond acceptors (Lipinski definition) is 16. The Balaban J connectivity index is 0.747. The van der Waals surface area contributed by atoms with Crippen molar-refractivity contribution in [2.45, 2.75) is 76.8 Å². The number of sulfonamides is 1. The van der Waals surface area contributed by atoms with E-state index in [0.29, 0.717) is 60.8 Å². The lowest BCUT2D eigenvalue weighted by molar-refractivity contribution is -0.144. The standard InChI is InChI=1S/C51H61FN10O10S2/c1-31-6-15-40(52)42(22-31)74(67,68)60-36-13-11-35(12-14-36)46-57-47-39(25-55-59-47)49(58-46)72-28-38-27-61(17-19-71-38)16-18-69-20-21-70-29-43(64)56-45(51(3,4)5)50(66)62-26-37(63)23-41(62)48(65)53-24-33-7-9-34(10-8-33)44-32(2)54-30-73-44/h6-15,22,25,30,37-38,41,45,60,63H,16-21,23-24,26-29H2,1-5H3,(H,53,65)(H,56,64)(H,55,57,58,59)/t37-,38-,41+,45-/m1/s1. The molecule has 20 nitrogen and oxygen atoms in total. The fourth-order valence-electron chi connectivity index (χ4n) is 8.58. The number of carbonyl (C=O) groups is 3. The number of aliphatic hydroxyl groups is 1. The van der Waals surface area contributed by atoms with Crippen molar-refractivity contribution in [1.82, 2.24) is 45.6 Å². The lowest BCUT2D eigenvalue weighted by atomic mass is 9.85. The average molecular weight is 1060 g/mol. The van der Waals surface area contributed by atoms with Crippen LogP contribution in [-0.4, -0.2) is 156 Å². The summed E-state index contributed by atoms with van der Waals surface area (Å²) in [6.07, 6.45) is 0.469. The first kappa shape index (κ1) is 53.8. The minimum absolute atomic E-state index is 0.0348. The number of amides is 3. The number of aliphatic hydroxyl groups excluding tert-OH is 1. The molecule has 8 rings (SSSR count). The highest BCUT2D eigenvalue weighted by molar-refractivity contribution is 7.92. The zero-order chi connectivity index (χ0) is 52.6. The van der Waals surface area contributed by atoms with Gasteiger partial charge in [-0.2, -0.15) is 10.1 Å². The number of nitrogens with one attached hydrogen (secondary N) is 4. The van der Waals surface area contributed by atoms with Crippen molar-refractivity contribution in [3.05, 3.63) is 101 Å². The van der Waals surface area contributed by atoms with Gasteiger partial charge in [-0.15, -0.1) is 11.3 Å². The van der Waals surface area contributed by atoms with Gasteiger partial charge in [-0.25, -0.2) is 22.8 Å². The minimum Gasteiger partial charge on any atom is -0.474 e. The summed E-state index contributed by atoms with van der Waals surface area (Å²) in [6, 6.07) is 16.2. The minimum atomic E-state index is -4.18. The van der Waals surface area contributed by atoms with Gasteiger partial charge >= 0.3 is 0 Å². The van der Waals surface area contributed by atoms with Crippen LogP contribution in [-0.2, 0) is 45.2 Å². The predicted octanol–water partition coefficient (Wildman–Crippen LogP) is 4.62. The Morgan fingerprint density at radius 3 is 2.49 bits per heavy atom. The molecule has 3 amide bonds. The maximum absolute atomic E-state index is 14.4. The van der Waals surface area contributed by atoms with Crippen molar-refractivity contribution >= 4 is 55.8 Å². The molecule has 2 saturated heterocycles. The zero-order valence-electron chi connectivity index (χ0n) is 41.8. The lowest BCUT2D eigenvalue weighted by Gasteiger charge is -2.35. The number of aryl methyl sites for hydroxylation is 2. The van der Waals surface area contributed by atoms with Gasteiger partial charge in [0.1, 0.15) is 47.5 Å². The van der Waals surface area contributed by atoms with Crippen LogP contribution < -0.4 is 20.1 Å². The Morgan fingerprint density at radius 2 is 1.74 bits per heavy atom. The van der Waals surface area contributed by atoms with Gasteiger partial charge in [-0.1, -0.05) is 51.1 Å². The lowest BCUT2D eigenvalue weighted by Crippen LogP contribution is -2.58. The molecule has 2 fully saturated rings. The molecule has 74 heavy (non-hydrogen) atoms. The summed E-state index contributed by atoms with van der Waals surface area (Å²) in [6.45, 7) is 12.3. The molecule has 4 atom stereocenters. The molecule has 3 aromatic carbocycles. The van der Waals surface area contributed by atoms with Gasteiger partial charge in [0.05, 0.1) is 54.8 Å². The van der Waals surface area contributed by atoms with Crippen LogP contribution in [0.1, 0.15) is 44.0 Å². The Kier molecular flexibility index (Phi) is 17.3. The van der Waals surface area contributed by atoms with E-state index >= 15 is 0 Å². The molecular formula is C51H61FN10O10S2. The number of fused-ring (bicyclic) bond motifs is 1. The summed E-state index contributed by atoms with van der Waals surface area (Å²) < 4.78 is 66.3. The number of rotatable bonds is 21. The molecule has 5 N–H and O–H groups in total. The number of nitrogens with zero attached hydrogens (tertiary/aromatic N) is 6. The van der Waals surface area contributed by atoms with Crippen molar-refractivity contribution in [3.63, 3.8) is 0 Å². The smallest absolute Gasteiger partial charge is 0.264 e. The van der Waals surface area contributed by atoms with Crippen LogP contribution >= 0.6 is 11.3 Å². The number of halogens is 1. The van der Waals surface area contributed by atoms with Gasteiger partial charge in [0.25, 0.3) is 10.0 Å².